The Bertz CT molecular complexity index is 167. The number of hydrogen-bond donors (Lipinski definition) is 0. The monoisotopic (exact) mass is 256 g/mol. The lowest BCUT2D eigenvalue weighted by Crippen LogP contribution is -2.04. The first-order chi connectivity index (χ1) is 8.42. The van der Waals surface area contributed by atoms with Crippen molar-refractivity contribution in [1.29, 1.82) is 0 Å². The Morgan fingerprint density at radius 1 is 0.778 bits per heavy atom. The van der Waals surface area contributed by atoms with Gasteiger partial charge in [0.05, 0.1) is 0 Å². The molecule has 0 atom stereocenters. The zero-order chi connectivity index (χ0) is 13.9. The van der Waals surface area contributed by atoms with Crippen LogP contribution < -0.4 is 0 Å². The van der Waals surface area contributed by atoms with Crippen molar-refractivity contribution in [2.45, 2.75) is 86.0 Å². The summed E-state index contributed by atoms with van der Waals surface area (Å²) in [6.45, 7) is 13.3. The first kappa shape index (κ1) is 18.0. The molecule has 0 unspecified atom stereocenters. The molecule has 0 bridgehead atoms. The molecular formula is C17H36O. The maximum Gasteiger partial charge on any atom is 0.0488 e. The number of unbranched alkanes of at least 4 members (excludes halogenated alkanes) is 6. The fourth-order valence-corrected chi connectivity index (χ4v) is 2.06. The molecule has 0 radical (unpaired) electrons. The van der Waals surface area contributed by atoms with Crippen LogP contribution in [0.5, 0.6) is 0 Å². The molecule has 110 valence electrons. The van der Waals surface area contributed by atoms with E-state index in [0.717, 1.165) is 13.2 Å². The van der Waals surface area contributed by atoms with E-state index in [-0.39, 0.29) is 0 Å². The number of hydrogen-bond acceptors (Lipinski definition) is 1. The normalized spacial score (nSPS) is 12.3. The van der Waals surface area contributed by atoms with E-state index in [1.54, 1.807) is 0 Å². The van der Waals surface area contributed by atoms with Crippen LogP contribution in [0, 0.1) is 11.3 Å². The van der Waals surface area contributed by atoms with Crippen LogP contribution in [0.1, 0.15) is 86.0 Å². The van der Waals surface area contributed by atoms with Gasteiger partial charge in [0.25, 0.3) is 0 Å². The molecule has 0 aliphatic rings. The summed E-state index contributed by atoms with van der Waals surface area (Å²) >= 11 is 0. The van der Waals surface area contributed by atoms with Crippen LogP contribution in [0.25, 0.3) is 0 Å². The number of rotatable bonds is 11. The molecule has 0 saturated carbocycles. The van der Waals surface area contributed by atoms with Crippen LogP contribution in [-0.2, 0) is 4.74 Å². The molecular weight excluding hydrogens is 220 g/mol. The van der Waals surface area contributed by atoms with Gasteiger partial charge >= 0.3 is 0 Å². The third-order valence-electron chi connectivity index (χ3n) is 3.17. The Hall–Kier alpha value is -0.0400. The van der Waals surface area contributed by atoms with Crippen molar-refractivity contribution in [3.63, 3.8) is 0 Å². The second-order valence-electron chi connectivity index (χ2n) is 7.25. The smallest absolute Gasteiger partial charge is 0.0488 e. The minimum atomic E-state index is 0.522. The molecule has 0 aliphatic heterocycles. The highest BCUT2D eigenvalue weighted by Gasteiger charge is 2.08. The molecule has 1 heteroatoms. The lowest BCUT2D eigenvalue weighted by atomic mass is 9.89. The molecule has 0 N–H and O–H groups in total. The Balaban J connectivity index is 3.04. The summed E-state index contributed by atoms with van der Waals surface area (Å²) in [4.78, 5) is 0. The zero-order valence-corrected chi connectivity index (χ0v) is 13.6. The number of ether oxygens (including phenoxy) is 1. The molecule has 0 aromatic heterocycles. The van der Waals surface area contributed by atoms with Gasteiger partial charge in [0.15, 0.2) is 0 Å². The third-order valence-corrected chi connectivity index (χ3v) is 3.17. The van der Waals surface area contributed by atoms with Crippen LogP contribution >= 0.6 is 0 Å². The lowest BCUT2D eigenvalue weighted by Gasteiger charge is -2.17. The van der Waals surface area contributed by atoms with Gasteiger partial charge in [-0.2, -0.15) is 0 Å². The van der Waals surface area contributed by atoms with Crippen LogP contribution in [0.2, 0.25) is 0 Å². The average molecular weight is 256 g/mol. The average Bonchev–Trinajstić information content (AvgIpc) is 2.24. The van der Waals surface area contributed by atoms with E-state index in [0.29, 0.717) is 11.3 Å². The van der Waals surface area contributed by atoms with Crippen molar-refractivity contribution >= 4 is 0 Å². The summed E-state index contributed by atoms with van der Waals surface area (Å²) in [5, 5.41) is 0. The topological polar surface area (TPSA) is 9.23 Å². The van der Waals surface area contributed by atoms with Crippen molar-refractivity contribution in [2.24, 2.45) is 11.3 Å². The van der Waals surface area contributed by atoms with Crippen LogP contribution in [0.4, 0.5) is 0 Å². The van der Waals surface area contributed by atoms with Crippen LogP contribution in [0.3, 0.4) is 0 Å². The molecule has 18 heavy (non-hydrogen) atoms. The standard InChI is InChI=1S/C17H36O/c1-16(2)15-18-14-12-10-8-6-7-9-11-13-17(3,4)5/h16H,6-15H2,1-5H3. The third kappa shape index (κ3) is 16.0. The second-order valence-corrected chi connectivity index (χ2v) is 7.25. The summed E-state index contributed by atoms with van der Waals surface area (Å²) in [5.41, 5.74) is 0.522. The second kappa shape index (κ2) is 10.8. The van der Waals surface area contributed by atoms with E-state index in [9.17, 15) is 0 Å². The summed E-state index contributed by atoms with van der Waals surface area (Å²) in [5.74, 6) is 0.674. The van der Waals surface area contributed by atoms with Crippen molar-refractivity contribution in [1.82, 2.24) is 0 Å². The summed E-state index contributed by atoms with van der Waals surface area (Å²) in [6.07, 6.45) is 11.0. The van der Waals surface area contributed by atoms with Gasteiger partial charge in [0, 0.05) is 13.2 Å². The first-order valence-corrected chi connectivity index (χ1v) is 7.99. The fraction of sp³-hybridized carbons (Fsp3) is 1.00. The van der Waals surface area contributed by atoms with Crippen molar-refractivity contribution in [2.75, 3.05) is 13.2 Å². The Kier molecular flexibility index (Phi) is 10.8. The summed E-state index contributed by atoms with van der Waals surface area (Å²) < 4.78 is 5.58. The van der Waals surface area contributed by atoms with Crippen molar-refractivity contribution < 1.29 is 4.74 Å². The Labute approximate surface area is 116 Å². The maximum atomic E-state index is 5.58. The molecule has 1 nitrogen and oxygen atoms in total. The van der Waals surface area contributed by atoms with E-state index in [1.165, 1.54) is 51.4 Å². The van der Waals surface area contributed by atoms with Gasteiger partial charge in [-0.05, 0) is 24.2 Å². The van der Waals surface area contributed by atoms with Crippen LogP contribution in [-0.4, -0.2) is 13.2 Å². The van der Waals surface area contributed by atoms with Crippen LogP contribution in [0.15, 0.2) is 0 Å². The molecule has 0 heterocycles. The zero-order valence-electron chi connectivity index (χ0n) is 13.6. The van der Waals surface area contributed by atoms with Gasteiger partial charge in [-0.25, -0.2) is 0 Å². The molecule has 0 saturated heterocycles. The summed E-state index contributed by atoms with van der Waals surface area (Å²) in [6, 6.07) is 0. The van der Waals surface area contributed by atoms with Crippen molar-refractivity contribution in [3.05, 3.63) is 0 Å². The molecule has 0 aliphatic carbocycles. The van der Waals surface area contributed by atoms with Gasteiger partial charge in [-0.1, -0.05) is 73.1 Å². The molecule has 0 aromatic rings. The Morgan fingerprint density at radius 2 is 1.28 bits per heavy atom. The highest BCUT2D eigenvalue weighted by Crippen LogP contribution is 2.22. The summed E-state index contributed by atoms with van der Waals surface area (Å²) in [7, 11) is 0. The molecule has 0 fully saturated rings. The maximum absolute atomic E-state index is 5.58. The van der Waals surface area contributed by atoms with E-state index < -0.39 is 0 Å². The largest absolute Gasteiger partial charge is 0.381 e. The van der Waals surface area contributed by atoms with E-state index in [2.05, 4.69) is 34.6 Å². The fourth-order valence-electron chi connectivity index (χ4n) is 2.06. The quantitative estimate of drug-likeness (QED) is 0.423. The lowest BCUT2D eigenvalue weighted by molar-refractivity contribution is 0.106. The SMILES string of the molecule is CC(C)COCCCCCCCCCC(C)(C)C. The Morgan fingerprint density at radius 3 is 1.78 bits per heavy atom. The highest BCUT2D eigenvalue weighted by atomic mass is 16.5. The highest BCUT2D eigenvalue weighted by molar-refractivity contribution is 4.61. The van der Waals surface area contributed by atoms with Gasteiger partial charge in [-0.15, -0.1) is 0 Å². The van der Waals surface area contributed by atoms with E-state index in [4.69, 9.17) is 4.74 Å². The first-order valence-electron chi connectivity index (χ1n) is 7.99. The van der Waals surface area contributed by atoms with Gasteiger partial charge in [0.2, 0.25) is 0 Å². The molecule has 0 rings (SSSR count). The van der Waals surface area contributed by atoms with E-state index >= 15 is 0 Å². The minimum Gasteiger partial charge on any atom is -0.381 e. The minimum absolute atomic E-state index is 0.522. The van der Waals surface area contributed by atoms with E-state index in [1.807, 2.05) is 0 Å². The van der Waals surface area contributed by atoms with Gasteiger partial charge in [-0.3, -0.25) is 0 Å². The molecule has 0 aromatic carbocycles. The molecule has 0 spiro atoms. The van der Waals surface area contributed by atoms with Gasteiger partial charge < -0.3 is 4.74 Å². The molecule has 0 amide bonds. The van der Waals surface area contributed by atoms with Crippen molar-refractivity contribution in [3.8, 4) is 0 Å². The predicted octanol–water partition coefficient (Wildman–Crippen LogP) is 5.83. The van der Waals surface area contributed by atoms with Gasteiger partial charge in [0.1, 0.15) is 0 Å². The predicted molar refractivity (Wildman–Crippen MR) is 82.0 cm³/mol.